The lowest BCUT2D eigenvalue weighted by Crippen LogP contribution is -2.09. The first-order valence-corrected chi connectivity index (χ1v) is 2.64. The predicted molar refractivity (Wildman–Crippen MR) is 37.5 cm³/mol. The summed E-state index contributed by atoms with van der Waals surface area (Å²) in [5.41, 5.74) is 10.3. The Hall–Kier alpha value is -0.800. The number of hydrogen-bond acceptors (Lipinski definition) is 3. The van der Waals surface area contributed by atoms with Crippen LogP contribution in [0.4, 0.5) is 0 Å². The maximum atomic E-state index is 5.17. The van der Waals surface area contributed by atoms with Crippen LogP contribution in [0, 0.1) is 0 Å². The molecule has 9 heavy (non-hydrogen) atoms. The van der Waals surface area contributed by atoms with Crippen LogP contribution in [-0.2, 0) is 4.74 Å². The van der Waals surface area contributed by atoms with Crippen LogP contribution in [0.3, 0.4) is 0 Å². The maximum absolute atomic E-state index is 5.17. The fraction of sp³-hybridized carbons (Fsp3) is 0.333. The Kier molecular flexibility index (Phi) is 3.75. The maximum Gasteiger partial charge on any atom is 0.110 e. The molecule has 0 fully saturated rings. The molecule has 0 bridgehead atoms. The summed E-state index contributed by atoms with van der Waals surface area (Å²) in [6.45, 7) is 7.60. The van der Waals surface area contributed by atoms with Crippen molar-refractivity contribution in [2.45, 2.75) is 0 Å². The van der Waals surface area contributed by atoms with Gasteiger partial charge in [0, 0.05) is 0 Å². The predicted octanol–water partition coefficient (Wildman–Crippen LogP) is -0.0522. The third-order valence-electron chi connectivity index (χ3n) is 0.744. The first-order chi connectivity index (χ1) is 4.20. The molecule has 0 saturated carbocycles. The number of hydrogen-bond donors (Lipinski definition) is 2. The Morgan fingerprint density at radius 3 is 1.67 bits per heavy atom. The molecule has 0 aliphatic carbocycles. The van der Waals surface area contributed by atoms with E-state index in [9.17, 15) is 0 Å². The first kappa shape index (κ1) is 8.20. The zero-order chi connectivity index (χ0) is 7.28. The van der Waals surface area contributed by atoms with E-state index in [1.54, 1.807) is 0 Å². The average Bonchev–Trinajstić information content (AvgIpc) is 1.87. The van der Waals surface area contributed by atoms with E-state index in [2.05, 4.69) is 13.2 Å². The molecule has 0 aromatic rings. The van der Waals surface area contributed by atoms with Crippen LogP contribution in [-0.4, -0.2) is 13.1 Å². The van der Waals surface area contributed by atoms with Gasteiger partial charge in [-0.25, -0.2) is 0 Å². The summed E-state index contributed by atoms with van der Waals surface area (Å²) < 4.78 is 4.91. The second-order valence-corrected chi connectivity index (χ2v) is 1.59. The molecule has 0 aromatic carbocycles. The summed E-state index contributed by atoms with van der Waals surface area (Å²) in [6.07, 6.45) is 0. The molecule has 0 aliphatic rings. The highest BCUT2D eigenvalue weighted by molar-refractivity contribution is 4.94. The Balaban J connectivity index is 3.47. The number of rotatable bonds is 4. The molecular formula is C6H12N2O. The highest BCUT2D eigenvalue weighted by Crippen LogP contribution is 1.97. The second-order valence-electron chi connectivity index (χ2n) is 1.59. The molecule has 0 heterocycles. The van der Waals surface area contributed by atoms with Crippen LogP contribution in [0.1, 0.15) is 0 Å². The minimum atomic E-state index is 0.305. The van der Waals surface area contributed by atoms with Crippen molar-refractivity contribution in [2.75, 3.05) is 13.1 Å². The minimum Gasteiger partial charge on any atom is -0.465 e. The van der Waals surface area contributed by atoms with Crippen molar-refractivity contribution in [2.24, 2.45) is 11.5 Å². The third-order valence-corrected chi connectivity index (χ3v) is 0.744. The largest absolute Gasteiger partial charge is 0.465 e. The van der Waals surface area contributed by atoms with Gasteiger partial charge in [0.05, 0.1) is 13.1 Å². The van der Waals surface area contributed by atoms with Crippen molar-refractivity contribution in [1.29, 1.82) is 0 Å². The molecule has 3 nitrogen and oxygen atoms in total. The Labute approximate surface area is 55.0 Å². The van der Waals surface area contributed by atoms with Crippen LogP contribution in [0.2, 0.25) is 0 Å². The molecule has 0 amide bonds. The van der Waals surface area contributed by atoms with Gasteiger partial charge >= 0.3 is 0 Å². The second kappa shape index (κ2) is 4.12. The van der Waals surface area contributed by atoms with Crippen LogP contribution in [0.5, 0.6) is 0 Å². The lowest BCUT2D eigenvalue weighted by molar-refractivity contribution is 0.300. The summed E-state index contributed by atoms with van der Waals surface area (Å²) in [5, 5.41) is 0. The molecule has 0 spiro atoms. The summed E-state index contributed by atoms with van der Waals surface area (Å²) in [7, 11) is 0. The van der Waals surface area contributed by atoms with Gasteiger partial charge in [0.25, 0.3) is 0 Å². The minimum absolute atomic E-state index is 0.305. The Morgan fingerprint density at radius 1 is 1.11 bits per heavy atom. The topological polar surface area (TPSA) is 61.3 Å². The van der Waals surface area contributed by atoms with Gasteiger partial charge in [0.1, 0.15) is 11.5 Å². The van der Waals surface area contributed by atoms with E-state index in [-0.39, 0.29) is 0 Å². The fourth-order valence-electron chi connectivity index (χ4n) is 0.287. The quantitative estimate of drug-likeness (QED) is 0.522. The zero-order valence-corrected chi connectivity index (χ0v) is 5.39. The molecule has 0 radical (unpaired) electrons. The Bertz CT molecular complexity index is 106. The lowest BCUT2D eigenvalue weighted by atomic mass is 10.5. The smallest absolute Gasteiger partial charge is 0.110 e. The van der Waals surface area contributed by atoms with Crippen molar-refractivity contribution in [3.05, 3.63) is 24.7 Å². The zero-order valence-electron chi connectivity index (χ0n) is 5.39. The monoisotopic (exact) mass is 128 g/mol. The highest BCUT2D eigenvalue weighted by atomic mass is 16.5. The molecule has 0 saturated heterocycles. The van der Waals surface area contributed by atoms with Crippen LogP contribution in [0.25, 0.3) is 0 Å². The van der Waals surface area contributed by atoms with Crippen molar-refractivity contribution < 1.29 is 4.74 Å². The van der Waals surface area contributed by atoms with Crippen molar-refractivity contribution in [3.8, 4) is 0 Å². The molecular weight excluding hydrogens is 116 g/mol. The summed E-state index contributed by atoms with van der Waals surface area (Å²) in [6, 6.07) is 0. The summed E-state index contributed by atoms with van der Waals surface area (Å²) in [4.78, 5) is 0. The van der Waals surface area contributed by atoms with E-state index in [0.29, 0.717) is 24.6 Å². The van der Waals surface area contributed by atoms with E-state index in [4.69, 9.17) is 16.2 Å². The van der Waals surface area contributed by atoms with Crippen molar-refractivity contribution in [3.63, 3.8) is 0 Å². The van der Waals surface area contributed by atoms with Gasteiger partial charge < -0.3 is 16.2 Å². The van der Waals surface area contributed by atoms with Gasteiger partial charge in [0.15, 0.2) is 0 Å². The van der Waals surface area contributed by atoms with Gasteiger partial charge in [-0.15, -0.1) is 0 Å². The van der Waals surface area contributed by atoms with Gasteiger partial charge in [-0.1, -0.05) is 13.2 Å². The molecule has 3 heteroatoms. The van der Waals surface area contributed by atoms with E-state index in [1.165, 1.54) is 0 Å². The molecule has 0 rings (SSSR count). The highest BCUT2D eigenvalue weighted by Gasteiger charge is 1.92. The first-order valence-electron chi connectivity index (χ1n) is 2.64. The summed E-state index contributed by atoms with van der Waals surface area (Å²) >= 11 is 0. The van der Waals surface area contributed by atoms with E-state index < -0.39 is 0 Å². The van der Waals surface area contributed by atoms with Crippen LogP contribution < -0.4 is 11.5 Å². The molecule has 4 N–H and O–H groups in total. The molecule has 52 valence electrons. The molecule has 0 aromatic heterocycles. The van der Waals surface area contributed by atoms with E-state index >= 15 is 0 Å². The molecule has 0 atom stereocenters. The van der Waals surface area contributed by atoms with Gasteiger partial charge in [-0.05, 0) is 0 Å². The number of ether oxygens (including phenoxy) is 1. The van der Waals surface area contributed by atoms with Crippen molar-refractivity contribution in [1.82, 2.24) is 0 Å². The number of nitrogens with two attached hydrogens (primary N) is 2. The van der Waals surface area contributed by atoms with Gasteiger partial charge in [0.2, 0.25) is 0 Å². The van der Waals surface area contributed by atoms with Gasteiger partial charge in [-0.2, -0.15) is 0 Å². The van der Waals surface area contributed by atoms with E-state index in [0.717, 1.165) is 0 Å². The third kappa shape index (κ3) is 3.76. The molecule has 0 aliphatic heterocycles. The standard InChI is InChI=1S/C6H12N2O/c1-5(3-7)9-6(2)4-8/h1-4,7-8H2. The van der Waals surface area contributed by atoms with Gasteiger partial charge in [-0.3, -0.25) is 0 Å². The normalized spacial score (nSPS) is 8.67. The molecule has 0 unspecified atom stereocenters. The summed E-state index contributed by atoms with van der Waals surface area (Å²) in [5.74, 6) is 0.982. The average molecular weight is 128 g/mol. The fourth-order valence-corrected chi connectivity index (χ4v) is 0.287. The van der Waals surface area contributed by atoms with Crippen LogP contribution >= 0.6 is 0 Å². The van der Waals surface area contributed by atoms with E-state index in [1.807, 2.05) is 0 Å². The Morgan fingerprint density at radius 2 is 1.44 bits per heavy atom. The van der Waals surface area contributed by atoms with Crippen molar-refractivity contribution >= 4 is 0 Å². The lowest BCUT2D eigenvalue weighted by Gasteiger charge is -2.05. The van der Waals surface area contributed by atoms with Crippen LogP contribution in [0.15, 0.2) is 24.7 Å². The SMILES string of the molecule is C=C(CN)OC(=C)CN.